The van der Waals surface area contributed by atoms with Crippen molar-refractivity contribution in [1.82, 2.24) is 9.73 Å². The fraction of sp³-hybridized carbons (Fsp3) is 0.174. The van der Waals surface area contributed by atoms with Gasteiger partial charge < -0.3 is 4.74 Å². The zero-order chi connectivity index (χ0) is 24.9. The number of anilines is 1. The summed E-state index contributed by atoms with van der Waals surface area (Å²) < 4.78 is 72.2. The molecule has 0 aliphatic carbocycles. The first-order valence-corrected chi connectivity index (χ1v) is 11.4. The van der Waals surface area contributed by atoms with E-state index in [1.165, 1.54) is 38.4 Å². The number of halogens is 3. The number of amides is 1. The predicted octanol–water partition coefficient (Wildman–Crippen LogP) is 4.29. The van der Waals surface area contributed by atoms with E-state index >= 15 is 0 Å². The van der Waals surface area contributed by atoms with Gasteiger partial charge in [-0.2, -0.15) is 17.5 Å². The first-order chi connectivity index (χ1) is 16.0. The van der Waals surface area contributed by atoms with Gasteiger partial charge in [0.25, 0.3) is 5.91 Å². The zero-order valence-corrected chi connectivity index (χ0v) is 19.1. The summed E-state index contributed by atoms with van der Waals surface area (Å²) in [5, 5.41) is 0. The number of para-hydroxylation sites is 1. The molecule has 0 spiro atoms. The van der Waals surface area contributed by atoms with E-state index in [9.17, 15) is 26.4 Å². The second kappa shape index (κ2) is 10.1. The van der Waals surface area contributed by atoms with Crippen LogP contribution in [0.3, 0.4) is 0 Å². The van der Waals surface area contributed by atoms with Crippen LogP contribution < -0.4 is 15.6 Å². The molecule has 2 N–H and O–H groups in total. The number of hydrazine groups is 1. The molecule has 0 aliphatic rings. The van der Waals surface area contributed by atoms with Crippen LogP contribution in [0.25, 0.3) is 0 Å². The molecule has 34 heavy (non-hydrogen) atoms. The van der Waals surface area contributed by atoms with Crippen LogP contribution in [-0.2, 0) is 22.7 Å². The number of ether oxygens (including phenoxy) is 1. The van der Waals surface area contributed by atoms with Crippen LogP contribution in [0.15, 0.2) is 77.7 Å². The van der Waals surface area contributed by atoms with E-state index in [1.54, 1.807) is 24.3 Å². The third-order valence-electron chi connectivity index (χ3n) is 4.91. The second-order valence-electron chi connectivity index (χ2n) is 7.23. The van der Waals surface area contributed by atoms with Crippen molar-refractivity contribution in [3.8, 4) is 5.75 Å². The SMILES string of the molecule is COc1ccc(C(=O)NNc2ccccc2C(F)(F)F)cc1S(=O)(=O)N(C)Cc1ccccc1. The fourth-order valence-electron chi connectivity index (χ4n) is 3.15. The monoisotopic (exact) mass is 493 g/mol. The zero-order valence-electron chi connectivity index (χ0n) is 18.3. The number of alkyl halides is 3. The lowest BCUT2D eigenvalue weighted by Crippen LogP contribution is -2.31. The van der Waals surface area contributed by atoms with Gasteiger partial charge in [0.05, 0.1) is 18.4 Å². The topological polar surface area (TPSA) is 87.7 Å². The fourth-order valence-corrected chi connectivity index (χ4v) is 4.48. The van der Waals surface area contributed by atoms with E-state index in [2.05, 4.69) is 10.9 Å². The molecule has 0 bridgehead atoms. The molecule has 3 aromatic rings. The van der Waals surface area contributed by atoms with Crippen molar-refractivity contribution >= 4 is 21.6 Å². The Balaban J connectivity index is 1.84. The molecule has 0 heterocycles. The van der Waals surface area contributed by atoms with Crippen LogP contribution in [0.1, 0.15) is 21.5 Å². The Morgan fingerprint density at radius 2 is 1.65 bits per heavy atom. The van der Waals surface area contributed by atoms with Gasteiger partial charge in [-0.05, 0) is 35.9 Å². The van der Waals surface area contributed by atoms with E-state index in [4.69, 9.17) is 4.74 Å². The molecular weight excluding hydrogens is 471 g/mol. The molecule has 0 radical (unpaired) electrons. The number of methoxy groups -OCH3 is 1. The number of hydrogen-bond donors (Lipinski definition) is 2. The van der Waals surface area contributed by atoms with Gasteiger partial charge in [0.2, 0.25) is 10.0 Å². The predicted molar refractivity (Wildman–Crippen MR) is 121 cm³/mol. The number of sulfonamides is 1. The Morgan fingerprint density at radius 3 is 2.29 bits per heavy atom. The van der Waals surface area contributed by atoms with Gasteiger partial charge in [0.15, 0.2) is 0 Å². The molecule has 1 amide bonds. The molecule has 180 valence electrons. The number of hydrogen-bond acceptors (Lipinski definition) is 5. The van der Waals surface area contributed by atoms with Gasteiger partial charge in [-0.1, -0.05) is 42.5 Å². The highest BCUT2D eigenvalue weighted by Crippen LogP contribution is 2.34. The third kappa shape index (κ3) is 5.67. The summed E-state index contributed by atoms with van der Waals surface area (Å²) in [5.74, 6) is -0.811. The van der Waals surface area contributed by atoms with Gasteiger partial charge in [-0.3, -0.25) is 15.6 Å². The number of benzene rings is 3. The Labute approximate surface area is 195 Å². The van der Waals surface area contributed by atoms with E-state index in [-0.39, 0.29) is 28.4 Å². The maximum atomic E-state index is 13.2. The highest BCUT2D eigenvalue weighted by atomic mass is 32.2. The summed E-state index contributed by atoms with van der Waals surface area (Å²) in [6.07, 6.45) is -4.63. The van der Waals surface area contributed by atoms with Crippen molar-refractivity contribution in [3.05, 3.63) is 89.5 Å². The van der Waals surface area contributed by atoms with Crippen LogP contribution >= 0.6 is 0 Å². The van der Waals surface area contributed by atoms with Gasteiger partial charge >= 0.3 is 6.18 Å². The molecule has 7 nitrogen and oxygen atoms in total. The van der Waals surface area contributed by atoms with E-state index in [0.717, 1.165) is 28.1 Å². The van der Waals surface area contributed by atoms with E-state index < -0.39 is 27.7 Å². The Morgan fingerprint density at radius 1 is 1.00 bits per heavy atom. The van der Waals surface area contributed by atoms with Crippen LogP contribution in [0.4, 0.5) is 18.9 Å². The van der Waals surface area contributed by atoms with Crippen molar-refractivity contribution in [1.29, 1.82) is 0 Å². The lowest BCUT2D eigenvalue weighted by atomic mass is 10.2. The first kappa shape index (κ1) is 25.1. The molecule has 0 saturated heterocycles. The molecule has 0 atom stereocenters. The molecule has 3 rings (SSSR count). The standard InChI is InChI=1S/C23H22F3N3O4S/c1-29(15-16-8-4-3-5-9-16)34(31,32)21-14-17(12-13-20(21)33-2)22(30)28-27-19-11-7-6-10-18(19)23(24,25)26/h3-14,27H,15H2,1-2H3,(H,28,30). The molecule has 0 aliphatic heterocycles. The number of rotatable bonds is 8. The minimum Gasteiger partial charge on any atom is -0.495 e. The summed E-state index contributed by atoms with van der Waals surface area (Å²) in [5.41, 5.74) is 3.77. The van der Waals surface area contributed by atoms with Crippen LogP contribution in [0.2, 0.25) is 0 Å². The quantitative estimate of drug-likeness (QED) is 0.457. The lowest BCUT2D eigenvalue weighted by Gasteiger charge is -2.20. The van der Waals surface area contributed by atoms with Crippen LogP contribution in [-0.4, -0.2) is 32.8 Å². The van der Waals surface area contributed by atoms with Crippen molar-refractivity contribution in [3.63, 3.8) is 0 Å². The number of nitrogens with zero attached hydrogens (tertiary/aromatic N) is 1. The molecule has 0 unspecified atom stereocenters. The van der Waals surface area contributed by atoms with Crippen molar-refractivity contribution < 1.29 is 31.1 Å². The van der Waals surface area contributed by atoms with Crippen LogP contribution in [0.5, 0.6) is 5.75 Å². The van der Waals surface area contributed by atoms with Crippen LogP contribution in [0, 0.1) is 0 Å². The van der Waals surface area contributed by atoms with E-state index in [1.807, 2.05) is 6.07 Å². The number of carbonyl (C=O) groups excluding carboxylic acids is 1. The average molecular weight is 494 g/mol. The maximum Gasteiger partial charge on any atom is 0.418 e. The summed E-state index contributed by atoms with van der Waals surface area (Å²) in [6.45, 7) is 0.0819. The van der Waals surface area contributed by atoms with Gasteiger partial charge in [0, 0.05) is 19.2 Å². The Bertz CT molecular complexity index is 1270. The van der Waals surface area contributed by atoms with E-state index in [0.29, 0.717) is 0 Å². The molecule has 3 aromatic carbocycles. The summed E-state index contributed by atoms with van der Waals surface area (Å²) in [7, 11) is -1.38. The van der Waals surface area contributed by atoms with Gasteiger partial charge in [-0.25, -0.2) is 8.42 Å². The molecule has 0 aromatic heterocycles. The van der Waals surface area contributed by atoms with Gasteiger partial charge in [0.1, 0.15) is 10.6 Å². The maximum absolute atomic E-state index is 13.2. The van der Waals surface area contributed by atoms with Crippen molar-refractivity contribution in [2.75, 3.05) is 19.6 Å². The minimum absolute atomic E-state index is 0.0202. The minimum atomic E-state index is -4.63. The van der Waals surface area contributed by atoms with Crippen molar-refractivity contribution in [2.45, 2.75) is 17.6 Å². The third-order valence-corrected chi connectivity index (χ3v) is 6.73. The molecule has 0 fully saturated rings. The highest BCUT2D eigenvalue weighted by Gasteiger charge is 2.33. The lowest BCUT2D eigenvalue weighted by molar-refractivity contribution is -0.137. The average Bonchev–Trinajstić information content (AvgIpc) is 2.82. The second-order valence-corrected chi connectivity index (χ2v) is 9.25. The largest absolute Gasteiger partial charge is 0.495 e. The number of carbonyl (C=O) groups is 1. The Kier molecular flexibility index (Phi) is 7.48. The van der Waals surface area contributed by atoms with Gasteiger partial charge in [-0.15, -0.1) is 0 Å². The molecular formula is C23H22F3N3O4S. The first-order valence-electron chi connectivity index (χ1n) is 9.95. The summed E-state index contributed by atoms with van der Waals surface area (Å²) in [6, 6.07) is 17.3. The summed E-state index contributed by atoms with van der Waals surface area (Å²) in [4.78, 5) is 12.4. The number of nitrogens with one attached hydrogen (secondary N) is 2. The normalized spacial score (nSPS) is 11.8. The van der Waals surface area contributed by atoms with Crippen molar-refractivity contribution in [2.24, 2.45) is 0 Å². The Hall–Kier alpha value is -3.57. The summed E-state index contributed by atoms with van der Waals surface area (Å²) >= 11 is 0. The highest BCUT2D eigenvalue weighted by molar-refractivity contribution is 7.89. The molecule has 11 heteroatoms. The molecule has 0 saturated carbocycles. The smallest absolute Gasteiger partial charge is 0.418 e.